The first-order valence-electron chi connectivity index (χ1n) is 31.4. The van der Waals surface area contributed by atoms with E-state index in [0.717, 1.165) is 40.3 Å². The number of aromatic hydroxyl groups is 1. The Bertz CT molecular complexity index is 3420. The van der Waals surface area contributed by atoms with E-state index in [1.54, 1.807) is 60.8 Å². The molecule has 34 nitrogen and oxygen atoms in total. The van der Waals surface area contributed by atoms with Crippen LogP contribution in [0.25, 0.3) is 10.9 Å². The van der Waals surface area contributed by atoms with Crippen molar-refractivity contribution in [2.24, 2.45) is 11.5 Å². The number of primary amides is 1. The third kappa shape index (κ3) is 27.8. The first kappa shape index (κ1) is 80.3. The predicted molar refractivity (Wildman–Crippen MR) is 360 cm³/mol. The molecule has 5 rings (SSSR count). The van der Waals surface area contributed by atoms with Gasteiger partial charge in [0.1, 0.15) is 48.0 Å². The van der Waals surface area contributed by atoms with Gasteiger partial charge in [0.15, 0.2) is 6.04 Å². The Kier molecular flexibility index (Phi) is 32.8. The van der Waals surface area contributed by atoms with Gasteiger partial charge in [0.25, 0.3) is 0 Å². The molecule has 0 bridgehead atoms. The number of unbranched alkanes of at least 4 members (excludes halogenated alkanes) is 1. The zero-order chi connectivity index (χ0) is 72.9. The average Bonchev–Trinajstić information content (AvgIpc) is 1.78. The predicted octanol–water partition coefficient (Wildman–Crippen LogP) is -4.20. The number of para-hydroxylation sites is 1. The van der Waals surface area contributed by atoms with Gasteiger partial charge in [0.05, 0.1) is 44.9 Å². The standard InChI is InChI=1S/C63H86N14O20S2/c1-35(78)54-62(95)72-48(61(94)74-55(36(2)79)63(96)97)34-99-98-33-47(71-57(90)44(24-37-10-4-3-5-11-37)67-50(82)29-76(28-49(65)81)22-20-75(30-51(83)84)21-23-77(31-52(85)86)32-53(87)88)60(93)69-45(25-38-15-17-40(80)18-16-38)58(91)70-46(26-39-27-66-42-13-7-6-12-41(39)42)59(92)68-43(56(89)73-54)14-8-9-19-64/h3-7,10-13,15-18,27,35-36,43-48,54-55,66,78-80H,8-9,14,19-26,28-34,64H2,1-2H3,(H2,65,81)(H,67,82)(H,68,92)(H,69,93)(H,70,91)(H,71,90)(H,72,95)(H,73,89)(H,74,94)(H,83,84)(H,85,86)(H,87,88)(H,96,97)/t35-,36-,43+,44-,45?,46+,47+,48?,54?,55+/m1/s1. The molecule has 0 aliphatic carbocycles. The minimum atomic E-state index is -1.93. The molecule has 0 radical (unpaired) electrons. The first-order chi connectivity index (χ1) is 47.0. The highest BCUT2D eigenvalue weighted by atomic mass is 33.1. The number of benzene rings is 3. The molecule has 3 aromatic carbocycles. The maximum Gasteiger partial charge on any atom is 0.328 e. The number of nitrogens with two attached hydrogens (primary N) is 2. The van der Waals surface area contributed by atoms with Crippen LogP contribution >= 0.6 is 21.6 Å². The molecular weight excluding hydrogens is 1340 g/mol. The molecule has 540 valence electrons. The second-order valence-corrected chi connectivity index (χ2v) is 26.1. The van der Waals surface area contributed by atoms with Gasteiger partial charge in [0.2, 0.25) is 53.2 Å². The summed E-state index contributed by atoms with van der Waals surface area (Å²) in [4.78, 5) is 184. The fourth-order valence-corrected chi connectivity index (χ4v) is 12.7. The van der Waals surface area contributed by atoms with Crippen molar-refractivity contribution >= 4 is 110 Å². The molecule has 0 spiro atoms. The van der Waals surface area contributed by atoms with Gasteiger partial charge in [-0.2, -0.15) is 0 Å². The molecule has 36 heteroatoms. The molecule has 1 aromatic heterocycles. The quantitative estimate of drug-likeness (QED) is 0.0156. The number of hydrogen-bond donors (Lipinski definition) is 18. The second kappa shape index (κ2) is 40.5. The summed E-state index contributed by atoms with van der Waals surface area (Å²) in [5, 5.41) is 91.0. The number of aliphatic hydroxyl groups is 2. The van der Waals surface area contributed by atoms with Crippen molar-refractivity contribution in [2.75, 3.05) is 77.0 Å². The van der Waals surface area contributed by atoms with E-state index >= 15 is 14.4 Å². The Morgan fingerprint density at radius 2 is 1.16 bits per heavy atom. The Morgan fingerprint density at radius 1 is 0.606 bits per heavy atom. The van der Waals surface area contributed by atoms with Gasteiger partial charge in [-0.05, 0) is 74.5 Å². The Labute approximate surface area is 576 Å². The minimum absolute atomic E-state index is 0.101. The molecule has 10 atom stereocenters. The third-order valence-electron chi connectivity index (χ3n) is 15.5. The van der Waals surface area contributed by atoms with Gasteiger partial charge in [-0.25, -0.2) is 4.79 Å². The normalized spacial score (nSPS) is 19.6. The van der Waals surface area contributed by atoms with Crippen LogP contribution in [-0.2, 0) is 81.6 Å². The summed E-state index contributed by atoms with van der Waals surface area (Å²) in [5.41, 5.74) is 13.4. The fraction of sp³-hybridized carbons (Fsp3) is 0.476. The number of carbonyl (C=O) groups excluding carboxylic acids is 9. The molecule has 20 N–H and O–H groups in total. The summed E-state index contributed by atoms with van der Waals surface area (Å²) in [5.74, 6) is -15.9. The van der Waals surface area contributed by atoms with Crippen LogP contribution in [0.2, 0.25) is 0 Å². The number of amides is 9. The van der Waals surface area contributed by atoms with Crippen molar-refractivity contribution in [1.82, 2.24) is 62.2 Å². The SMILES string of the molecule is C[C@@H](O)C1NC(=O)[C@H](CCCCN)NC(=O)[C@H](Cc2c[nH]c3ccccc23)NC(=O)C(Cc2ccc(O)cc2)NC(=O)[C@@H](NC(=O)[C@@H](Cc2ccccc2)NC(=O)CN(CCN(CCN(CC(=O)O)CC(=O)O)CC(=O)O)CC(N)=O)CSSCC(C(=O)N[C@H](C(=O)O)[C@@H](C)O)NC1=O. The number of H-pyrrole nitrogens is 1. The maximum absolute atomic E-state index is 15.2. The number of carboxylic acids is 4. The number of phenols is 1. The molecule has 1 fully saturated rings. The fourth-order valence-electron chi connectivity index (χ4n) is 10.4. The van der Waals surface area contributed by atoms with Gasteiger partial charge in [0, 0.05) is 74.0 Å². The molecule has 9 amide bonds. The summed E-state index contributed by atoms with van der Waals surface area (Å²) in [6.07, 6.45) is -2.12. The van der Waals surface area contributed by atoms with Gasteiger partial charge in [-0.15, -0.1) is 0 Å². The lowest BCUT2D eigenvalue weighted by Crippen LogP contribution is -2.62. The average molecular weight is 1420 g/mol. The topological polar surface area (TPSA) is 537 Å². The number of nitrogens with one attached hydrogen (secondary N) is 9. The Morgan fingerprint density at radius 3 is 1.76 bits per heavy atom. The molecule has 1 saturated heterocycles. The molecule has 2 heterocycles. The van der Waals surface area contributed by atoms with E-state index in [9.17, 15) is 83.7 Å². The second-order valence-electron chi connectivity index (χ2n) is 23.5. The summed E-state index contributed by atoms with van der Waals surface area (Å²) in [6, 6.07) is 7.30. The monoisotopic (exact) mass is 1420 g/mol. The van der Waals surface area contributed by atoms with Gasteiger partial charge in [-0.3, -0.25) is 72.2 Å². The van der Waals surface area contributed by atoms with Crippen LogP contribution < -0.4 is 54.0 Å². The summed E-state index contributed by atoms with van der Waals surface area (Å²) in [7, 11) is 1.59. The van der Waals surface area contributed by atoms with Crippen LogP contribution in [0.4, 0.5) is 0 Å². The molecule has 4 aromatic rings. The Balaban J connectivity index is 1.59. The number of aliphatic carboxylic acids is 4. The molecular formula is C63H86N14O20S2. The van der Waals surface area contributed by atoms with Crippen molar-refractivity contribution in [2.45, 2.75) is 113 Å². The zero-order valence-corrected chi connectivity index (χ0v) is 56.0. The van der Waals surface area contributed by atoms with Crippen LogP contribution in [0.1, 0.15) is 49.8 Å². The van der Waals surface area contributed by atoms with Crippen LogP contribution in [-0.4, -0.2) is 270 Å². The molecule has 1 aliphatic heterocycles. The number of nitrogens with zero attached hydrogens (tertiary/aromatic N) is 3. The number of rotatable bonds is 34. The highest BCUT2D eigenvalue weighted by Gasteiger charge is 2.38. The van der Waals surface area contributed by atoms with Crippen molar-refractivity contribution in [3.8, 4) is 5.75 Å². The lowest BCUT2D eigenvalue weighted by atomic mass is 10.0. The zero-order valence-electron chi connectivity index (χ0n) is 54.3. The van der Waals surface area contributed by atoms with Gasteiger partial charge >= 0.3 is 23.9 Å². The lowest BCUT2D eigenvalue weighted by Gasteiger charge is -2.29. The van der Waals surface area contributed by atoms with E-state index in [-0.39, 0.29) is 70.6 Å². The largest absolute Gasteiger partial charge is 0.508 e. The van der Waals surface area contributed by atoms with E-state index in [2.05, 4.69) is 47.5 Å². The van der Waals surface area contributed by atoms with E-state index in [1.807, 2.05) is 0 Å². The van der Waals surface area contributed by atoms with Crippen molar-refractivity contribution < 1.29 is 98.1 Å². The molecule has 99 heavy (non-hydrogen) atoms. The smallest absolute Gasteiger partial charge is 0.328 e. The number of fused-ring (bicyclic) bond motifs is 1. The third-order valence-corrected chi connectivity index (χ3v) is 17.9. The number of carboxylic acid groups (broad SMARTS) is 4. The van der Waals surface area contributed by atoms with Crippen molar-refractivity contribution in [3.63, 3.8) is 0 Å². The minimum Gasteiger partial charge on any atom is -0.508 e. The summed E-state index contributed by atoms with van der Waals surface area (Å²) < 4.78 is 0. The van der Waals surface area contributed by atoms with Gasteiger partial charge < -0.3 is 94.7 Å². The molecule has 0 saturated carbocycles. The molecule has 3 unspecified atom stereocenters. The maximum atomic E-state index is 15.2. The van der Waals surface area contributed by atoms with Crippen LogP contribution in [0.5, 0.6) is 5.75 Å². The summed E-state index contributed by atoms with van der Waals surface area (Å²) >= 11 is 0. The van der Waals surface area contributed by atoms with Crippen LogP contribution in [0, 0.1) is 0 Å². The van der Waals surface area contributed by atoms with E-state index < -0.39 is 182 Å². The highest BCUT2D eigenvalue weighted by Crippen LogP contribution is 2.25. The van der Waals surface area contributed by atoms with Crippen molar-refractivity contribution in [1.29, 1.82) is 0 Å². The Hall–Kier alpha value is -9.43. The van der Waals surface area contributed by atoms with Crippen LogP contribution in [0.15, 0.2) is 85.1 Å². The first-order valence-corrected chi connectivity index (χ1v) is 33.9. The van der Waals surface area contributed by atoms with Gasteiger partial charge in [-0.1, -0.05) is 82.3 Å². The number of hydrogen-bond acceptors (Lipinski definition) is 22. The summed E-state index contributed by atoms with van der Waals surface area (Å²) in [6.45, 7) is -1.67. The number of aromatic amines is 1. The number of aromatic nitrogens is 1. The van der Waals surface area contributed by atoms with Crippen LogP contribution in [0.3, 0.4) is 0 Å². The number of aliphatic hydroxyl groups excluding tert-OH is 2. The number of carbonyl (C=O) groups is 13. The molecule has 1 aliphatic rings. The number of phenolic OH excluding ortho intramolecular Hbond substituents is 1. The van der Waals surface area contributed by atoms with Crippen molar-refractivity contribution in [3.05, 3.63) is 102 Å². The van der Waals surface area contributed by atoms with E-state index in [0.29, 0.717) is 34.0 Å². The lowest BCUT2D eigenvalue weighted by molar-refractivity contribution is -0.145. The van der Waals surface area contributed by atoms with E-state index in [1.165, 1.54) is 34.1 Å². The highest BCUT2D eigenvalue weighted by molar-refractivity contribution is 8.76. The van der Waals surface area contributed by atoms with E-state index in [4.69, 9.17) is 11.5 Å².